The summed E-state index contributed by atoms with van der Waals surface area (Å²) >= 11 is 2.11. The number of aryl methyl sites for hydroxylation is 1. The van der Waals surface area contributed by atoms with E-state index in [0.29, 0.717) is 5.69 Å². The van der Waals surface area contributed by atoms with Gasteiger partial charge in [-0.05, 0) is 41.1 Å². The highest BCUT2D eigenvalue weighted by Crippen LogP contribution is 2.07. The van der Waals surface area contributed by atoms with Crippen molar-refractivity contribution in [2.45, 2.75) is 6.92 Å². The average Bonchev–Trinajstić information content (AvgIpc) is 1.95. The third-order valence-corrected chi connectivity index (χ3v) is 2.24. The summed E-state index contributed by atoms with van der Waals surface area (Å²) < 4.78 is 0.900. The van der Waals surface area contributed by atoms with Crippen LogP contribution in [0.1, 0.15) is 11.3 Å². The number of pyridine rings is 1. The maximum Gasteiger partial charge on any atom is 0.141 e. The van der Waals surface area contributed by atoms with E-state index in [0.717, 1.165) is 9.26 Å². The van der Waals surface area contributed by atoms with Gasteiger partial charge in [0.2, 0.25) is 0 Å². The molecular weight excluding hydrogens is 239 g/mol. The van der Waals surface area contributed by atoms with Crippen LogP contribution in [-0.4, -0.2) is 4.98 Å². The van der Waals surface area contributed by atoms with Crippen LogP contribution >= 0.6 is 22.6 Å². The van der Waals surface area contributed by atoms with Crippen molar-refractivity contribution in [3.63, 3.8) is 0 Å². The summed E-state index contributed by atoms with van der Waals surface area (Å²) in [7, 11) is 0. The third kappa shape index (κ3) is 1.45. The molecule has 0 amide bonds. The molecule has 0 aliphatic heterocycles. The SMILES string of the molecule is Cc1ccc(C#N)nc1I. The van der Waals surface area contributed by atoms with Crippen molar-refractivity contribution >= 4 is 22.6 Å². The Morgan fingerprint density at radius 1 is 1.60 bits per heavy atom. The Labute approximate surface area is 73.0 Å². The quantitative estimate of drug-likeness (QED) is 0.516. The molecule has 0 unspecified atom stereocenters. The zero-order valence-corrected chi connectivity index (χ0v) is 7.58. The zero-order chi connectivity index (χ0) is 7.56. The summed E-state index contributed by atoms with van der Waals surface area (Å²) in [5.41, 5.74) is 1.59. The summed E-state index contributed by atoms with van der Waals surface area (Å²) in [6.45, 7) is 1.97. The lowest BCUT2D eigenvalue weighted by molar-refractivity contribution is 1.17. The van der Waals surface area contributed by atoms with Gasteiger partial charge in [-0.25, -0.2) is 4.98 Å². The summed E-state index contributed by atoms with van der Waals surface area (Å²) in [4.78, 5) is 4.02. The molecule has 2 nitrogen and oxygen atoms in total. The molecule has 1 aromatic heterocycles. The first-order valence-electron chi connectivity index (χ1n) is 2.77. The van der Waals surface area contributed by atoms with Crippen LogP contribution in [0.15, 0.2) is 12.1 Å². The second kappa shape index (κ2) is 2.97. The molecule has 1 rings (SSSR count). The van der Waals surface area contributed by atoms with Crippen molar-refractivity contribution < 1.29 is 0 Å². The van der Waals surface area contributed by atoms with E-state index in [-0.39, 0.29) is 0 Å². The predicted molar refractivity (Wildman–Crippen MR) is 46.4 cm³/mol. The molecule has 0 bridgehead atoms. The standard InChI is InChI=1S/C7H5IN2/c1-5-2-3-6(4-9)10-7(5)8/h2-3H,1H3. The van der Waals surface area contributed by atoms with E-state index in [9.17, 15) is 0 Å². The van der Waals surface area contributed by atoms with Gasteiger partial charge < -0.3 is 0 Å². The van der Waals surface area contributed by atoms with E-state index < -0.39 is 0 Å². The van der Waals surface area contributed by atoms with Crippen LogP contribution in [0.25, 0.3) is 0 Å². The van der Waals surface area contributed by atoms with Crippen molar-refractivity contribution in [1.29, 1.82) is 5.26 Å². The van der Waals surface area contributed by atoms with E-state index >= 15 is 0 Å². The molecule has 0 spiro atoms. The van der Waals surface area contributed by atoms with Gasteiger partial charge in [-0.1, -0.05) is 6.07 Å². The highest BCUT2D eigenvalue weighted by Gasteiger charge is 1.95. The summed E-state index contributed by atoms with van der Waals surface area (Å²) in [5.74, 6) is 0. The molecule has 0 atom stereocenters. The number of aromatic nitrogens is 1. The van der Waals surface area contributed by atoms with E-state index in [1.807, 2.05) is 19.1 Å². The molecule has 1 aromatic rings. The van der Waals surface area contributed by atoms with Crippen LogP contribution < -0.4 is 0 Å². The third-order valence-electron chi connectivity index (χ3n) is 1.15. The van der Waals surface area contributed by atoms with Gasteiger partial charge >= 0.3 is 0 Å². The largest absolute Gasteiger partial charge is 0.231 e. The maximum absolute atomic E-state index is 8.44. The fraction of sp³-hybridized carbons (Fsp3) is 0.143. The molecule has 50 valence electrons. The van der Waals surface area contributed by atoms with Gasteiger partial charge in [-0.2, -0.15) is 5.26 Å². The minimum Gasteiger partial charge on any atom is -0.231 e. The Morgan fingerprint density at radius 2 is 2.30 bits per heavy atom. The Hall–Kier alpha value is -0.630. The molecular formula is C7H5IN2. The fourth-order valence-electron chi connectivity index (χ4n) is 0.566. The number of halogens is 1. The average molecular weight is 244 g/mol. The molecule has 3 heteroatoms. The molecule has 1 heterocycles. The zero-order valence-electron chi connectivity index (χ0n) is 5.43. The summed E-state index contributed by atoms with van der Waals surface area (Å²) in [6.07, 6.45) is 0. The highest BCUT2D eigenvalue weighted by molar-refractivity contribution is 14.1. The Bertz CT molecular complexity index is 288. The monoisotopic (exact) mass is 244 g/mol. The first kappa shape index (κ1) is 7.48. The molecule has 0 aromatic carbocycles. The Balaban J connectivity index is 3.20. The van der Waals surface area contributed by atoms with Gasteiger partial charge in [0.25, 0.3) is 0 Å². The number of nitrogens with zero attached hydrogens (tertiary/aromatic N) is 2. The van der Waals surface area contributed by atoms with Crippen LogP contribution in [0.3, 0.4) is 0 Å². The first-order valence-corrected chi connectivity index (χ1v) is 3.85. The van der Waals surface area contributed by atoms with Gasteiger partial charge in [-0.15, -0.1) is 0 Å². The normalized spacial score (nSPS) is 8.90. The van der Waals surface area contributed by atoms with Crippen molar-refractivity contribution in [3.05, 3.63) is 27.1 Å². The molecule has 0 radical (unpaired) electrons. The molecule has 0 aliphatic rings. The Kier molecular flexibility index (Phi) is 2.22. The second-order valence-corrected chi connectivity index (χ2v) is 2.94. The minimum atomic E-state index is 0.481. The number of hydrogen-bond donors (Lipinski definition) is 0. The maximum atomic E-state index is 8.44. The second-order valence-electron chi connectivity index (χ2n) is 1.92. The van der Waals surface area contributed by atoms with Gasteiger partial charge in [0.1, 0.15) is 15.5 Å². The van der Waals surface area contributed by atoms with Crippen LogP contribution in [-0.2, 0) is 0 Å². The van der Waals surface area contributed by atoms with Crippen molar-refractivity contribution in [2.75, 3.05) is 0 Å². The van der Waals surface area contributed by atoms with Crippen molar-refractivity contribution in [1.82, 2.24) is 4.98 Å². The molecule has 0 N–H and O–H groups in total. The van der Waals surface area contributed by atoms with Gasteiger partial charge in [0.15, 0.2) is 0 Å². The lowest BCUT2D eigenvalue weighted by Crippen LogP contribution is -1.88. The van der Waals surface area contributed by atoms with Crippen molar-refractivity contribution in [2.24, 2.45) is 0 Å². The number of nitriles is 1. The van der Waals surface area contributed by atoms with Crippen LogP contribution in [0.4, 0.5) is 0 Å². The fourth-order valence-corrected chi connectivity index (χ4v) is 1.01. The van der Waals surface area contributed by atoms with Crippen LogP contribution in [0.5, 0.6) is 0 Å². The Morgan fingerprint density at radius 3 is 2.80 bits per heavy atom. The number of hydrogen-bond acceptors (Lipinski definition) is 2. The molecule has 0 fully saturated rings. The summed E-state index contributed by atoms with van der Waals surface area (Å²) in [5, 5.41) is 8.44. The predicted octanol–water partition coefficient (Wildman–Crippen LogP) is 1.87. The lowest BCUT2D eigenvalue weighted by atomic mass is 10.3. The topological polar surface area (TPSA) is 36.7 Å². The number of rotatable bonds is 0. The van der Waals surface area contributed by atoms with Gasteiger partial charge in [0.05, 0.1) is 0 Å². The highest BCUT2D eigenvalue weighted by atomic mass is 127. The van der Waals surface area contributed by atoms with E-state index in [1.54, 1.807) is 6.07 Å². The van der Waals surface area contributed by atoms with E-state index in [4.69, 9.17) is 5.26 Å². The van der Waals surface area contributed by atoms with E-state index in [1.165, 1.54) is 0 Å². The molecule has 10 heavy (non-hydrogen) atoms. The van der Waals surface area contributed by atoms with E-state index in [2.05, 4.69) is 27.6 Å². The molecule has 0 saturated carbocycles. The van der Waals surface area contributed by atoms with Gasteiger partial charge in [-0.3, -0.25) is 0 Å². The summed E-state index contributed by atoms with van der Waals surface area (Å²) in [6, 6.07) is 5.59. The van der Waals surface area contributed by atoms with Crippen LogP contribution in [0.2, 0.25) is 0 Å². The first-order chi connectivity index (χ1) is 4.74. The van der Waals surface area contributed by atoms with Crippen molar-refractivity contribution in [3.8, 4) is 6.07 Å². The van der Waals surface area contributed by atoms with Gasteiger partial charge in [0, 0.05) is 0 Å². The van der Waals surface area contributed by atoms with Crippen LogP contribution in [0, 0.1) is 22.0 Å². The smallest absolute Gasteiger partial charge is 0.141 e. The lowest BCUT2D eigenvalue weighted by Gasteiger charge is -1.94. The minimum absolute atomic E-state index is 0.481. The molecule has 0 aliphatic carbocycles. The molecule has 0 saturated heterocycles.